The summed E-state index contributed by atoms with van der Waals surface area (Å²) in [6, 6.07) is 13.3. The van der Waals surface area contributed by atoms with Crippen LogP contribution >= 0.6 is 36.2 Å². The molecule has 204 valence electrons. The summed E-state index contributed by atoms with van der Waals surface area (Å²) in [6.07, 6.45) is -0.664. The molecule has 1 aliphatic heterocycles. The first kappa shape index (κ1) is 31.0. The van der Waals surface area contributed by atoms with Crippen molar-refractivity contribution >= 4 is 57.8 Å². The van der Waals surface area contributed by atoms with E-state index in [9.17, 15) is 18.0 Å². The number of benzene rings is 2. The van der Waals surface area contributed by atoms with Gasteiger partial charge in [-0.05, 0) is 80.1 Å². The minimum atomic E-state index is -4.33. The summed E-state index contributed by atoms with van der Waals surface area (Å²) in [5, 5.41) is 7.27. The Hall–Kier alpha value is -2.20. The van der Waals surface area contributed by atoms with Gasteiger partial charge in [-0.2, -0.15) is 13.2 Å². The van der Waals surface area contributed by atoms with Crippen LogP contribution in [0.4, 0.5) is 18.9 Å². The smallest absolute Gasteiger partial charge is 0.416 e. The highest BCUT2D eigenvalue weighted by Gasteiger charge is 2.30. The molecule has 1 amide bonds. The first-order valence-electron chi connectivity index (χ1n) is 11.8. The fourth-order valence-corrected chi connectivity index (χ4v) is 5.29. The lowest BCUT2D eigenvalue weighted by atomic mass is 10.0. The number of ether oxygens (including phenoxy) is 1. The van der Waals surface area contributed by atoms with Gasteiger partial charge >= 0.3 is 6.18 Å². The first-order valence-corrected chi connectivity index (χ1v) is 12.7. The van der Waals surface area contributed by atoms with E-state index in [-0.39, 0.29) is 36.8 Å². The molecule has 1 saturated heterocycles. The number of fused-ring (bicyclic) bond motifs is 1. The number of carbonyl (C=O) groups is 1. The molecule has 3 aromatic rings. The molecule has 0 bridgehead atoms. The van der Waals surface area contributed by atoms with Gasteiger partial charge in [0.15, 0.2) is 0 Å². The largest absolute Gasteiger partial charge is 0.497 e. The van der Waals surface area contributed by atoms with E-state index in [0.717, 1.165) is 67.2 Å². The third-order valence-corrected chi connectivity index (χ3v) is 7.40. The van der Waals surface area contributed by atoms with Gasteiger partial charge in [-0.3, -0.25) is 4.79 Å². The topological polar surface area (TPSA) is 53.6 Å². The summed E-state index contributed by atoms with van der Waals surface area (Å²) >= 11 is 1.48. The number of alkyl halides is 3. The van der Waals surface area contributed by atoms with Crippen LogP contribution in [0.3, 0.4) is 0 Å². The normalized spacial score (nSPS) is 14.5. The van der Waals surface area contributed by atoms with Crippen molar-refractivity contribution in [1.82, 2.24) is 10.2 Å². The van der Waals surface area contributed by atoms with E-state index in [0.29, 0.717) is 17.1 Å². The van der Waals surface area contributed by atoms with E-state index in [2.05, 4.69) is 15.5 Å². The molecule has 2 N–H and O–H groups in total. The molecule has 11 heteroatoms. The standard InChI is InChI=1S/C26H30F3N3O2S.2ClH/c1-34-22-7-8-23-18(15-22)16-24(35-23)25(33)30-11-2-3-12-32-13-9-20(10-14-32)31-21-6-4-5-19(17-21)26(27,28)29;;/h4-8,15-17,20,31H,2-3,9-14H2,1H3,(H,30,33);2*1H. The van der Waals surface area contributed by atoms with Gasteiger partial charge in [0.05, 0.1) is 17.6 Å². The van der Waals surface area contributed by atoms with Gasteiger partial charge in [0, 0.05) is 36.1 Å². The highest BCUT2D eigenvalue weighted by Crippen LogP contribution is 2.31. The Morgan fingerprint density at radius 2 is 1.84 bits per heavy atom. The molecule has 0 atom stereocenters. The van der Waals surface area contributed by atoms with Crippen molar-refractivity contribution in [3.63, 3.8) is 0 Å². The minimum absolute atomic E-state index is 0. The van der Waals surface area contributed by atoms with Crippen LogP contribution in [0.1, 0.15) is 40.9 Å². The number of amides is 1. The second-order valence-corrected chi connectivity index (χ2v) is 9.90. The zero-order valence-electron chi connectivity index (χ0n) is 20.5. The van der Waals surface area contributed by atoms with Crippen molar-refractivity contribution in [1.29, 1.82) is 0 Å². The molecule has 2 aromatic carbocycles. The van der Waals surface area contributed by atoms with Crippen molar-refractivity contribution in [3.8, 4) is 5.75 Å². The number of anilines is 1. The number of piperidine rings is 1. The molecule has 37 heavy (non-hydrogen) atoms. The monoisotopic (exact) mass is 577 g/mol. The highest BCUT2D eigenvalue weighted by molar-refractivity contribution is 7.20. The molecule has 0 radical (unpaired) electrons. The number of methoxy groups -OCH3 is 1. The summed E-state index contributed by atoms with van der Waals surface area (Å²) in [6.45, 7) is 3.40. The number of nitrogens with zero attached hydrogens (tertiary/aromatic N) is 1. The van der Waals surface area contributed by atoms with Gasteiger partial charge in [-0.1, -0.05) is 6.07 Å². The average molecular weight is 579 g/mol. The molecule has 0 spiro atoms. The number of nitrogens with one attached hydrogen (secondary N) is 2. The number of thiophene rings is 1. The molecule has 1 aliphatic rings. The number of unbranched alkanes of at least 4 members (excludes halogenated alkanes) is 1. The van der Waals surface area contributed by atoms with E-state index in [1.165, 1.54) is 23.5 Å². The number of rotatable bonds is 9. The summed E-state index contributed by atoms with van der Waals surface area (Å²) < 4.78 is 45.0. The molecule has 1 fully saturated rings. The van der Waals surface area contributed by atoms with Crippen LogP contribution in [0.5, 0.6) is 5.75 Å². The maximum Gasteiger partial charge on any atom is 0.416 e. The van der Waals surface area contributed by atoms with Gasteiger partial charge in [-0.15, -0.1) is 36.2 Å². The van der Waals surface area contributed by atoms with Crippen molar-refractivity contribution in [3.05, 3.63) is 59.0 Å². The molecule has 1 aromatic heterocycles. The van der Waals surface area contributed by atoms with E-state index in [4.69, 9.17) is 4.74 Å². The molecular weight excluding hydrogens is 546 g/mol. The lowest BCUT2D eigenvalue weighted by Gasteiger charge is -2.33. The van der Waals surface area contributed by atoms with E-state index in [1.54, 1.807) is 13.2 Å². The number of likely N-dealkylation sites (tertiary alicyclic amines) is 1. The predicted molar refractivity (Wildman–Crippen MR) is 149 cm³/mol. The van der Waals surface area contributed by atoms with Crippen LogP contribution in [0.25, 0.3) is 10.1 Å². The third kappa shape index (κ3) is 8.67. The van der Waals surface area contributed by atoms with Gasteiger partial charge in [0.2, 0.25) is 0 Å². The quantitative estimate of drug-likeness (QED) is 0.273. The fourth-order valence-electron chi connectivity index (χ4n) is 4.33. The van der Waals surface area contributed by atoms with E-state index < -0.39 is 11.7 Å². The van der Waals surface area contributed by atoms with Crippen LogP contribution in [0.15, 0.2) is 48.5 Å². The van der Waals surface area contributed by atoms with Crippen LogP contribution < -0.4 is 15.4 Å². The Bertz CT molecular complexity index is 1150. The lowest BCUT2D eigenvalue weighted by molar-refractivity contribution is -0.137. The molecule has 5 nitrogen and oxygen atoms in total. The molecule has 4 rings (SSSR count). The molecule has 2 heterocycles. The predicted octanol–water partition coefficient (Wildman–Crippen LogP) is 6.86. The van der Waals surface area contributed by atoms with Gasteiger partial charge in [0.25, 0.3) is 5.91 Å². The number of hydrogen-bond acceptors (Lipinski definition) is 5. The second-order valence-electron chi connectivity index (χ2n) is 8.82. The maximum absolute atomic E-state index is 12.9. The summed E-state index contributed by atoms with van der Waals surface area (Å²) in [7, 11) is 1.63. The zero-order chi connectivity index (χ0) is 24.8. The molecule has 0 aliphatic carbocycles. The fraction of sp³-hybridized carbons (Fsp3) is 0.423. The zero-order valence-corrected chi connectivity index (χ0v) is 22.9. The third-order valence-electron chi connectivity index (χ3n) is 6.28. The van der Waals surface area contributed by atoms with E-state index in [1.807, 2.05) is 24.3 Å². The van der Waals surface area contributed by atoms with Gasteiger partial charge in [0.1, 0.15) is 5.75 Å². The highest BCUT2D eigenvalue weighted by atomic mass is 35.5. The Kier molecular flexibility index (Phi) is 11.8. The lowest BCUT2D eigenvalue weighted by Crippen LogP contribution is -2.39. The van der Waals surface area contributed by atoms with Crippen LogP contribution in [-0.2, 0) is 6.18 Å². The van der Waals surface area contributed by atoms with Crippen molar-refractivity contribution in [2.45, 2.75) is 37.9 Å². The molecule has 0 unspecified atom stereocenters. The minimum Gasteiger partial charge on any atom is -0.497 e. The maximum atomic E-state index is 12.9. The average Bonchev–Trinajstić information content (AvgIpc) is 3.28. The molecule has 0 saturated carbocycles. The van der Waals surface area contributed by atoms with E-state index >= 15 is 0 Å². The number of carbonyl (C=O) groups excluding carboxylic acids is 1. The number of halogens is 5. The first-order chi connectivity index (χ1) is 16.8. The van der Waals surface area contributed by atoms with Crippen molar-refractivity contribution in [2.24, 2.45) is 0 Å². The number of hydrogen-bond donors (Lipinski definition) is 2. The van der Waals surface area contributed by atoms with Gasteiger partial charge in [-0.25, -0.2) is 0 Å². The Balaban J connectivity index is 0.00000241. The summed E-state index contributed by atoms with van der Waals surface area (Å²) in [4.78, 5) is 15.6. The Morgan fingerprint density at radius 3 is 2.54 bits per heavy atom. The van der Waals surface area contributed by atoms with Crippen molar-refractivity contribution < 1.29 is 22.7 Å². The summed E-state index contributed by atoms with van der Waals surface area (Å²) in [5.74, 6) is 0.726. The Morgan fingerprint density at radius 1 is 1.08 bits per heavy atom. The second kappa shape index (κ2) is 14.1. The molecular formula is C26H32Cl2F3N3O2S. The van der Waals surface area contributed by atoms with Gasteiger partial charge < -0.3 is 20.3 Å². The van der Waals surface area contributed by atoms with Crippen LogP contribution in [-0.4, -0.2) is 50.1 Å². The SMILES string of the molecule is COc1ccc2sc(C(=O)NCCCCN3CCC(Nc4cccc(C(F)(F)F)c4)CC3)cc2c1.Cl.Cl. The summed E-state index contributed by atoms with van der Waals surface area (Å²) in [5.41, 5.74) is -0.105. The van der Waals surface area contributed by atoms with Crippen LogP contribution in [0.2, 0.25) is 0 Å². The Labute approximate surface area is 231 Å². The van der Waals surface area contributed by atoms with Crippen molar-refractivity contribution in [2.75, 3.05) is 38.6 Å². The van der Waals surface area contributed by atoms with Crippen LogP contribution in [0, 0.1) is 0 Å².